The zero-order valence-electron chi connectivity index (χ0n) is 14.5. The van der Waals surface area contributed by atoms with Crippen LogP contribution in [0, 0.1) is 11.6 Å². The molecule has 2 rings (SSSR count). The van der Waals surface area contributed by atoms with Crippen molar-refractivity contribution < 1.29 is 26.8 Å². The summed E-state index contributed by atoms with van der Waals surface area (Å²) < 4.78 is 52.1. The summed E-state index contributed by atoms with van der Waals surface area (Å²) in [5, 5.41) is 4.56. The van der Waals surface area contributed by atoms with Crippen LogP contribution in [-0.2, 0) is 19.6 Å². The maximum Gasteiger partial charge on any atom is 0.245 e. The normalized spacial score (nSPS) is 11.0. The largest absolute Gasteiger partial charge is 0.326 e. The highest BCUT2D eigenvalue weighted by molar-refractivity contribution is 7.92. The molecule has 0 aromatic heterocycles. The number of sulfonamides is 1. The first-order valence-electron chi connectivity index (χ1n) is 7.67. The van der Waals surface area contributed by atoms with E-state index in [1.165, 1.54) is 31.2 Å². The van der Waals surface area contributed by atoms with Gasteiger partial charge in [0, 0.05) is 12.6 Å². The van der Waals surface area contributed by atoms with Crippen molar-refractivity contribution in [2.24, 2.45) is 0 Å². The smallest absolute Gasteiger partial charge is 0.245 e. The minimum Gasteiger partial charge on any atom is -0.326 e. The van der Waals surface area contributed by atoms with Gasteiger partial charge in [-0.15, -0.1) is 0 Å². The van der Waals surface area contributed by atoms with Crippen molar-refractivity contribution in [3.05, 3.63) is 54.1 Å². The fourth-order valence-electron chi connectivity index (χ4n) is 2.24. The number of para-hydroxylation sites is 1. The molecule has 2 N–H and O–H groups in total. The summed E-state index contributed by atoms with van der Waals surface area (Å²) in [6, 6.07) is 8.78. The molecule has 2 aromatic carbocycles. The fraction of sp³-hybridized carbons (Fsp3) is 0.176. The minimum atomic E-state index is -3.86. The highest BCUT2D eigenvalue weighted by atomic mass is 32.2. The van der Waals surface area contributed by atoms with Crippen LogP contribution < -0.4 is 14.9 Å². The van der Waals surface area contributed by atoms with Crippen LogP contribution in [0.1, 0.15) is 6.92 Å². The molecule has 0 heterocycles. The van der Waals surface area contributed by atoms with Gasteiger partial charge in [-0.2, -0.15) is 0 Å². The quantitative estimate of drug-likeness (QED) is 0.782. The number of hydrogen-bond donors (Lipinski definition) is 2. The number of carbonyl (C=O) groups is 2. The molecule has 0 aliphatic carbocycles. The average Bonchev–Trinajstić information content (AvgIpc) is 2.55. The number of halogens is 2. The van der Waals surface area contributed by atoms with Crippen LogP contribution in [0.25, 0.3) is 0 Å². The van der Waals surface area contributed by atoms with E-state index in [0.29, 0.717) is 5.69 Å². The van der Waals surface area contributed by atoms with Gasteiger partial charge in [-0.3, -0.25) is 13.9 Å². The van der Waals surface area contributed by atoms with Gasteiger partial charge in [-0.1, -0.05) is 6.07 Å². The number of hydrogen-bond acceptors (Lipinski definition) is 4. The average molecular weight is 397 g/mol. The standard InChI is InChI=1S/C17H17F2N3O4S/c1-11(23)20-12-6-8-13(9-7-12)22(27(2,25)26)10-16(24)21-17-14(18)4-3-5-15(17)19/h3-9H,10H2,1-2H3,(H,20,23)(H,21,24). The van der Waals surface area contributed by atoms with Gasteiger partial charge in [0.25, 0.3) is 0 Å². The number of nitrogens with zero attached hydrogens (tertiary/aromatic N) is 1. The number of anilines is 3. The Labute approximate surface area is 155 Å². The predicted molar refractivity (Wildman–Crippen MR) is 97.9 cm³/mol. The lowest BCUT2D eigenvalue weighted by molar-refractivity contribution is -0.115. The van der Waals surface area contributed by atoms with E-state index in [2.05, 4.69) is 5.32 Å². The van der Waals surface area contributed by atoms with E-state index in [-0.39, 0.29) is 11.6 Å². The summed E-state index contributed by atoms with van der Waals surface area (Å²) in [5.74, 6) is -3.17. The molecule has 0 fully saturated rings. The van der Waals surface area contributed by atoms with Crippen LogP contribution in [0.3, 0.4) is 0 Å². The van der Waals surface area contributed by atoms with Crippen molar-refractivity contribution in [3.63, 3.8) is 0 Å². The molecule has 27 heavy (non-hydrogen) atoms. The van der Waals surface area contributed by atoms with E-state index in [0.717, 1.165) is 28.8 Å². The van der Waals surface area contributed by atoms with Crippen molar-refractivity contribution in [2.45, 2.75) is 6.92 Å². The maximum absolute atomic E-state index is 13.6. The molecule has 0 radical (unpaired) electrons. The molecule has 0 unspecified atom stereocenters. The molecule has 0 saturated carbocycles. The van der Waals surface area contributed by atoms with Gasteiger partial charge >= 0.3 is 0 Å². The number of carbonyl (C=O) groups excluding carboxylic acids is 2. The van der Waals surface area contributed by atoms with Gasteiger partial charge in [0.05, 0.1) is 11.9 Å². The Bertz CT molecular complexity index is 942. The molecule has 0 atom stereocenters. The molecule has 144 valence electrons. The monoisotopic (exact) mass is 397 g/mol. The Morgan fingerprint density at radius 1 is 1.00 bits per heavy atom. The van der Waals surface area contributed by atoms with Crippen LogP contribution in [0.4, 0.5) is 25.8 Å². The first-order chi connectivity index (χ1) is 12.6. The zero-order chi connectivity index (χ0) is 20.2. The summed E-state index contributed by atoms with van der Waals surface area (Å²) in [6.45, 7) is 0.634. The molecule has 2 aromatic rings. The van der Waals surface area contributed by atoms with Crippen molar-refractivity contribution >= 4 is 38.9 Å². The maximum atomic E-state index is 13.6. The highest BCUT2D eigenvalue weighted by Gasteiger charge is 2.22. The number of nitrogens with one attached hydrogen (secondary N) is 2. The molecular weight excluding hydrogens is 380 g/mol. The van der Waals surface area contributed by atoms with Crippen molar-refractivity contribution in [2.75, 3.05) is 27.7 Å². The van der Waals surface area contributed by atoms with Crippen LogP contribution in [0.5, 0.6) is 0 Å². The van der Waals surface area contributed by atoms with Gasteiger partial charge < -0.3 is 10.6 Å². The lowest BCUT2D eigenvalue weighted by Crippen LogP contribution is -2.37. The van der Waals surface area contributed by atoms with Crippen molar-refractivity contribution in [3.8, 4) is 0 Å². The zero-order valence-corrected chi connectivity index (χ0v) is 15.3. The van der Waals surface area contributed by atoms with Gasteiger partial charge in [0.1, 0.15) is 23.9 Å². The lowest BCUT2D eigenvalue weighted by Gasteiger charge is -2.22. The summed E-state index contributed by atoms with van der Waals surface area (Å²) >= 11 is 0. The number of benzene rings is 2. The molecule has 10 heteroatoms. The first-order valence-corrected chi connectivity index (χ1v) is 9.52. The summed E-state index contributed by atoms with van der Waals surface area (Å²) in [5.41, 5.74) is -0.0645. The van der Waals surface area contributed by atoms with E-state index in [9.17, 15) is 26.8 Å². The van der Waals surface area contributed by atoms with E-state index in [1.807, 2.05) is 5.32 Å². The molecule has 0 aliphatic heterocycles. The second kappa shape index (κ2) is 8.12. The molecular formula is C17H17F2N3O4S. The molecule has 2 amide bonds. The third kappa shape index (κ3) is 5.48. The van der Waals surface area contributed by atoms with E-state index < -0.39 is 39.8 Å². The number of amides is 2. The SMILES string of the molecule is CC(=O)Nc1ccc(N(CC(=O)Nc2c(F)cccc2F)S(C)(=O)=O)cc1. The van der Waals surface area contributed by atoms with Gasteiger partial charge in [0.15, 0.2) is 0 Å². The van der Waals surface area contributed by atoms with Crippen molar-refractivity contribution in [1.29, 1.82) is 0 Å². The summed E-state index contributed by atoms with van der Waals surface area (Å²) in [7, 11) is -3.86. The Balaban J connectivity index is 2.22. The van der Waals surface area contributed by atoms with Crippen molar-refractivity contribution in [1.82, 2.24) is 0 Å². The molecule has 7 nitrogen and oxygen atoms in total. The predicted octanol–water partition coefficient (Wildman–Crippen LogP) is 2.33. The molecule has 0 saturated heterocycles. The van der Waals surface area contributed by atoms with Crippen LogP contribution >= 0.6 is 0 Å². The van der Waals surface area contributed by atoms with E-state index >= 15 is 0 Å². The summed E-state index contributed by atoms with van der Waals surface area (Å²) in [6.07, 6.45) is 0.895. The Kier molecular flexibility index (Phi) is 6.11. The van der Waals surface area contributed by atoms with Crippen LogP contribution in [-0.4, -0.2) is 33.0 Å². The fourth-order valence-corrected chi connectivity index (χ4v) is 3.10. The third-order valence-electron chi connectivity index (χ3n) is 3.39. The third-order valence-corrected chi connectivity index (χ3v) is 4.53. The lowest BCUT2D eigenvalue weighted by atomic mass is 10.2. The van der Waals surface area contributed by atoms with E-state index in [1.54, 1.807) is 0 Å². The molecule has 0 aliphatic rings. The Morgan fingerprint density at radius 2 is 1.56 bits per heavy atom. The van der Waals surface area contributed by atoms with Gasteiger partial charge in [0.2, 0.25) is 21.8 Å². The first kappa shape index (κ1) is 20.3. The molecule has 0 spiro atoms. The molecule has 0 bridgehead atoms. The second-order valence-corrected chi connectivity index (χ2v) is 7.55. The Morgan fingerprint density at radius 3 is 2.04 bits per heavy atom. The summed E-state index contributed by atoms with van der Waals surface area (Å²) in [4.78, 5) is 23.2. The van der Waals surface area contributed by atoms with Gasteiger partial charge in [-0.25, -0.2) is 17.2 Å². The minimum absolute atomic E-state index is 0.149. The van der Waals surface area contributed by atoms with E-state index in [4.69, 9.17) is 0 Å². The van der Waals surface area contributed by atoms with Crippen LogP contribution in [0.2, 0.25) is 0 Å². The highest BCUT2D eigenvalue weighted by Crippen LogP contribution is 2.22. The van der Waals surface area contributed by atoms with Gasteiger partial charge in [-0.05, 0) is 36.4 Å². The van der Waals surface area contributed by atoms with Crippen LogP contribution in [0.15, 0.2) is 42.5 Å². The second-order valence-electron chi connectivity index (χ2n) is 5.64. The topological polar surface area (TPSA) is 95.6 Å². The number of rotatable bonds is 6. The Hall–Kier alpha value is -3.01.